The average Bonchev–Trinajstić information content (AvgIpc) is 2.51. The smallest absolute Gasteiger partial charge is 0.0627 e. The molecule has 0 aliphatic carbocycles. The van der Waals surface area contributed by atoms with Gasteiger partial charge in [-0.1, -0.05) is 38.8 Å². The van der Waals surface area contributed by atoms with E-state index in [9.17, 15) is 5.26 Å². The molecule has 1 saturated heterocycles. The number of likely N-dealkylation sites (tertiary alicyclic amines) is 1. The second-order valence-corrected chi connectivity index (χ2v) is 7.71. The van der Waals surface area contributed by atoms with E-state index in [1.54, 1.807) is 0 Å². The summed E-state index contributed by atoms with van der Waals surface area (Å²) < 4.78 is 0. The molecule has 1 fully saturated rings. The predicted molar refractivity (Wildman–Crippen MR) is 95.6 cm³/mol. The highest BCUT2D eigenvalue weighted by atomic mass is 15.1. The first kappa shape index (κ1) is 17.6. The van der Waals surface area contributed by atoms with Crippen molar-refractivity contribution in [3.63, 3.8) is 0 Å². The average molecular weight is 308 g/mol. The zero-order chi connectivity index (χ0) is 16.9. The maximum atomic E-state index is 9.24. The molecule has 0 N–H and O–H groups in total. The molecule has 0 amide bonds. The van der Waals surface area contributed by atoms with Crippen molar-refractivity contribution in [2.24, 2.45) is 10.8 Å². The van der Waals surface area contributed by atoms with Gasteiger partial charge >= 0.3 is 0 Å². The Labute approximate surface area is 141 Å². The summed E-state index contributed by atoms with van der Waals surface area (Å²) in [5.41, 5.74) is 2.78. The van der Waals surface area contributed by atoms with Crippen molar-refractivity contribution in [1.29, 1.82) is 5.26 Å². The number of benzene rings is 1. The zero-order valence-electron chi connectivity index (χ0n) is 14.9. The van der Waals surface area contributed by atoms with E-state index in [0.717, 1.165) is 38.0 Å². The third-order valence-electron chi connectivity index (χ3n) is 5.45. The molecule has 0 saturated carbocycles. The topological polar surface area (TPSA) is 27.0 Å². The van der Waals surface area contributed by atoms with Gasteiger partial charge in [0.2, 0.25) is 0 Å². The van der Waals surface area contributed by atoms with Crippen molar-refractivity contribution < 1.29 is 0 Å². The van der Waals surface area contributed by atoms with Crippen molar-refractivity contribution in [3.05, 3.63) is 35.4 Å². The van der Waals surface area contributed by atoms with Crippen molar-refractivity contribution in [3.8, 4) is 17.9 Å². The number of nitriles is 1. The standard InChI is InChI=1S/C21H28N2/c1-5-6-18-7-9-19(10-8-18)17-23-15-12-21(11-14-22,13-16-23)20(2,3)4/h7-10H,11-13,15-17H2,1-4H3. The fraction of sp³-hybridized carbons (Fsp3) is 0.571. The molecule has 0 spiro atoms. The summed E-state index contributed by atoms with van der Waals surface area (Å²) in [6.07, 6.45) is 2.90. The van der Waals surface area contributed by atoms with Crippen LogP contribution in [0, 0.1) is 34.0 Å². The Hall–Kier alpha value is -1.77. The number of hydrogen-bond acceptors (Lipinski definition) is 2. The number of nitrogens with zero attached hydrogens (tertiary/aromatic N) is 2. The summed E-state index contributed by atoms with van der Waals surface area (Å²) in [6.45, 7) is 11.9. The summed E-state index contributed by atoms with van der Waals surface area (Å²) in [5.74, 6) is 6.02. The van der Waals surface area contributed by atoms with E-state index in [1.807, 2.05) is 6.92 Å². The van der Waals surface area contributed by atoms with E-state index >= 15 is 0 Å². The fourth-order valence-corrected chi connectivity index (χ4v) is 3.58. The quantitative estimate of drug-likeness (QED) is 0.763. The summed E-state index contributed by atoms with van der Waals surface area (Å²) in [6, 6.07) is 11.0. The van der Waals surface area contributed by atoms with Gasteiger partial charge in [0.1, 0.15) is 0 Å². The van der Waals surface area contributed by atoms with Gasteiger partial charge in [0.15, 0.2) is 0 Å². The van der Waals surface area contributed by atoms with Gasteiger partial charge in [0, 0.05) is 18.5 Å². The van der Waals surface area contributed by atoms with E-state index in [2.05, 4.69) is 67.8 Å². The van der Waals surface area contributed by atoms with Gasteiger partial charge in [-0.15, -0.1) is 5.92 Å². The SMILES string of the molecule is CC#Cc1ccc(CN2CCC(CC#N)(C(C)(C)C)CC2)cc1. The number of piperidine rings is 1. The van der Waals surface area contributed by atoms with Crippen LogP contribution in [0.4, 0.5) is 0 Å². The van der Waals surface area contributed by atoms with Crippen LogP contribution >= 0.6 is 0 Å². The van der Waals surface area contributed by atoms with E-state index in [1.165, 1.54) is 5.56 Å². The van der Waals surface area contributed by atoms with Gasteiger partial charge in [-0.3, -0.25) is 4.90 Å². The minimum atomic E-state index is 0.165. The van der Waals surface area contributed by atoms with Crippen LogP contribution in [0.3, 0.4) is 0 Å². The van der Waals surface area contributed by atoms with Gasteiger partial charge in [-0.05, 0) is 61.4 Å². The first-order chi connectivity index (χ1) is 10.9. The lowest BCUT2D eigenvalue weighted by Crippen LogP contribution is -2.46. The minimum absolute atomic E-state index is 0.165. The Morgan fingerprint density at radius 3 is 2.22 bits per heavy atom. The summed E-state index contributed by atoms with van der Waals surface area (Å²) in [5, 5.41) is 9.24. The molecular weight excluding hydrogens is 280 g/mol. The van der Waals surface area contributed by atoms with Crippen LogP contribution in [-0.4, -0.2) is 18.0 Å². The van der Waals surface area contributed by atoms with Crippen LogP contribution in [-0.2, 0) is 6.54 Å². The normalized spacial score (nSPS) is 17.9. The van der Waals surface area contributed by atoms with Gasteiger partial charge in [-0.2, -0.15) is 5.26 Å². The molecule has 1 heterocycles. The third-order valence-corrected chi connectivity index (χ3v) is 5.45. The van der Waals surface area contributed by atoms with Crippen LogP contribution in [0.25, 0.3) is 0 Å². The lowest BCUT2D eigenvalue weighted by Gasteiger charge is -2.49. The maximum Gasteiger partial charge on any atom is 0.0627 e. The number of rotatable bonds is 3. The molecule has 2 rings (SSSR count). The lowest BCUT2D eigenvalue weighted by atomic mass is 9.60. The van der Waals surface area contributed by atoms with Crippen molar-refractivity contribution in [1.82, 2.24) is 4.90 Å². The van der Waals surface area contributed by atoms with Crippen molar-refractivity contribution in [2.75, 3.05) is 13.1 Å². The summed E-state index contributed by atoms with van der Waals surface area (Å²) >= 11 is 0. The molecule has 0 unspecified atom stereocenters. The van der Waals surface area contributed by atoms with E-state index in [-0.39, 0.29) is 10.8 Å². The number of hydrogen-bond donors (Lipinski definition) is 0. The largest absolute Gasteiger partial charge is 0.299 e. The molecule has 1 aromatic carbocycles. The molecular formula is C21H28N2. The molecule has 1 aliphatic heterocycles. The molecule has 1 aromatic rings. The zero-order valence-corrected chi connectivity index (χ0v) is 14.9. The molecule has 0 atom stereocenters. The lowest BCUT2D eigenvalue weighted by molar-refractivity contribution is 0.00711. The monoisotopic (exact) mass is 308 g/mol. The van der Waals surface area contributed by atoms with Crippen LogP contribution < -0.4 is 0 Å². The van der Waals surface area contributed by atoms with Crippen LogP contribution in [0.1, 0.15) is 58.1 Å². The molecule has 2 nitrogen and oxygen atoms in total. The first-order valence-corrected chi connectivity index (χ1v) is 8.51. The van der Waals surface area contributed by atoms with Gasteiger partial charge in [-0.25, -0.2) is 0 Å². The predicted octanol–water partition coefficient (Wildman–Crippen LogP) is 4.60. The Morgan fingerprint density at radius 1 is 1.13 bits per heavy atom. The van der Waals surface area contributed by atoms with Crippen molar-refractivity contribution >= 4 is 0 Å². The Balaban J connectivity index is 1.98. The van der Waals surface area contributed by atoms with Gasteiger partial charge < -0.3 is 0 Å². The van der Waals surface area contributed by atoms with Crippen LogP contribution in [0.5, 0.6) is 0 Å². The molecule has 1 aliphatic rings. The fourth-order valence-electron chi connectivity index (χ4n) is 3.58. The van der Waals surface area contributed by atoms with Crippen molar-refractivity contribution in [2.45, 2.75) is 53.5 Å². The first-order valence-electron chi connectivity index (χ1n) is 8.51. The summed E-state index contributed by atoms with van der Waals surface area (Å²) in [4.78, 5) is 2.52. The highest BCUT2D eigenvalue weighted by molar-refractivity contribution is 5.35. The molecule has 23 heavy (non-hydrogen) atoms. The molecule has 122 valence electrons. The Kier molecular flexibility index (Phi) is 5.51. The maximum absolute atomic E-state index is 9.24. The van der Waals surface area contributed by atoms with E-state index < -0.39 is 0 Å². The van der Waals surface area contributed by atoms with E-state index in [0.29, 0.717) is 6.42 Å². The van der Waals surface area contributed by atoms with Crippen LogP contribution in [0.2, 0.25) is 0 Å². The highest BCUT2D eigenvalue weighted by Crippen LogP contribution is 2.49. The summed E-state index contributed by atoms with van der Waals surface area (Å²) in [7, 11) is 0. The molecule has 0 bridgehead atoms. The van der Waals surface area contributed by atoms with Gasteiger partial charge in [0.25, 0.3) is 0 Å². The minimum Gasteiger partial charge on any atom is -0.299 e. The third kappa shape index (κ3) is 4.15. The van der Waals surface area contributed by atoms with Gasteiger partial charge in [0.05, 0.1) is 6.07 Å². The highest BCUT2D eigenvalue weighted by Gasteiger charge is 2.43. The molecule has 0 aromatic heterocycles. The second kappa shape index (κ2) is 7.20. The molecule has 0 radical (unpaired) electrons. The van der Waals surface area contributed by atoms with Crippen LogP contribution in [0.15, 0.2) is 24.3 Å². The second-order valence-electron chi connectivity index (χ2n) is 7.71. The van der Waals surface area contributed by atoms with E-state index in [4.69, 9.17) is 0 Å². The Bertz CT molecular complexity index is 609. The Morgan fingerprint density at radius 2 is 1.74 bits per heavy atom. The molecule has 2 heteroatoms.